The molecule has 1 N–H and O–H groups in total. The second-order valence-electron chi connectivity index (χ2n) is 12.7. The predicted octanol–water partition coefficient (Wildman–Crippen LogP) is 8.40. The van der Waals surface area contributed by atoms with Crippen molar-refractivity contribution in [3.63, 3.8) is 0 Å². The van der Waals surface area contributed by atoms with Crippen LogP contribution in [0.15, 0.2) is 54.6 Å². The Labute approximate surface area is 257 Å². The summed E-state index contributed by atoms with van der Waals surface area (Å²) < 4.78 is 28.5. The van der Waals surface area contributed by atoms with Crippen LogP contribution < -0.4 is 9.47 Å². The van der Waals surface area contributed by atoms with E-state index in [4.69, 9.17) is 21.1 Å². The van der Waals surface area contributed by atoms with E-state index < -0.39 is 11.9 Å². The van der Waals surface area contributed by atoms with Crippen LogP contribution in [0.4, 0.5) is 4.39 Å². The molecule has 2 aliphatic heterocycles. The molecule has 2 heterocycles. The summed E-state index contributed by atoms with van der Waals surface area (Å²) >= 11 is 6.70. The van der Waals surface area contributed by atoms with Crippen LogP contribution in [-0.4, -0.2) is 35.7 Å². The standard InChI is InChI=1S/C36H36ClFN2O3/c1-21(40-18-25-6-3-7-26(25)19-40)20-42-27-11-9-24(10-12-27)36-33(28-16-22(17-39)8-13-29(28)38)32(23-4-2-5-23)34-31(43-36)15-14-30(41)35(34)37/h8-16,21,23,25-26,36,41H,2-7,18-20H2,1H3/t21-,25-,26+,36?/m0/s1. The average molecular weight is 599 g/mol. The smallest absolute Gasteiger partial charge is 0.150 e. The maximum absolute atomic E-state index is 15.6. The Bertz CT molecular complexity index is 1600. The minimum atomic E-state index is -0.635. The number of hydrogen-bond donors (Lipinski definition) is 1. The van der Waals surface area contributed by atoms with Gasteiger partial charge in [-0.2, -0.15) is 5.26 Å². The first kappa shape index (κ1) is 28.3. The van der Waals surface area contributed by atoms with Crippen molar-refractivity contribution < 1.29 is 19.0 Å². The minimum Gasteiger partial charge on any atom is -0.506 e. The molecule has 2 saturated carbocycles. The Morgan fingerprint density at radius 2 is 1.74 bits per heavy atom. The number of likely N-dealkylation sites (tertiary alicyclic amines) is 1. The summed E-state index contributed by atoms with van der Waals surface area (Å²) in [7, 11) is 0. The van der Waals surface area contributed by atoms with E-state index in [1.807, 2.05) is 24.3 Å². The molecule has 7 rings (SSSR count). The number of ether oxygens (including phenoxy) is 2. The zero-order chi connectivity index (χ0) is 29.7. The van der Waals surface area contributed by atoms with Gasteiger partial charge in [-0.25, -0.2) is 4.39 Å². The van der Waals surface area contributed by atoms with Crippen molar-refractivity contribution in [1.29, 1.82) is 5.26 Å². The van der Waals surface area contributed by atoms with Gasteiger partial charge in [0.2, 0.25) is 0 Å². The summed E-state index contributed by atoms with van der Waals surface area (Å²) in [6, 6.07) is 18.0. The van der Waals surface area contributed by atoms with Crippen molar-refractivity contribution in [1.82, 2.24) is 4.90 Å². The number of rotatable bonds is 7. The molecule has 4 aliphatic rings. The molecule has 3 aromatic carbocycles. The molecule has 3 fully saturated rings. The maximum atomic E-state index is 15.6. The topological polar surface area (TPSA) is 65.7 Å². The molecule has 1 saturated heterocycles. The number of halogens is 2. The first-order valence-electron chi connectivity index (χ1n) is 15.5. The Hall–Kier alpha value is -3.53. The zero-order valence-electron chi connectivity index (χ0n) is 24.4. The second kappa shape index (κ2) is 11.5. The lowest BCUT2D eigenvalue weighted by atomic mass is 9.71. The molecule has 222 valence electrons. The summed E-state index contributed by atoms with van der Waals surface area (Å²) in [4.78, 5) is 2.57. The maximum Gasteiger partial charge on any atom is 0.150 e. The summed E-state index contributed by atoms with van der Waals surface area (Å²) in [6.45, 7) is 5.22. The second-order valence-corrected chi connectivity index (χ2v) is 13.0. The van der Waals surface area contributed by atoms with E-state index in [1.54, 1.807) is 12.1 Å². The third kappa shape index (κ3) is 5.17. The van der Waals surface area contributed by atoms with Gasteiger partial charge < -0.3 is 14.6 Å². The van der Waals surface area contributed by atoms with Crippen molar-refractivity contribution in [2.75, 3.05) is 19.7 Å². The molecule has 0 radical (unpaired) electrons. The molecule has 1 unspecified atom stereocenters. The first-order chi connectivity index (χ1) is 20.9. The predicted molar refractivity (Wildman–Crippen MR) is 166 cm³/mol. The molecule has 0 spiro atoms. The Balaban J connectivity index is 1.22. The lowest BCUT2D eigenvalue weighted by Crippen LogP contribution is -2.36. The van der Waals surface area contributed by atoms with Gasteiger partial charge in [0.1, 0.15) is 35.8 Å². The third-order valence-electron chi connectivity index (χ3n) is 10.1. The van der Waals surface area contributed by atoms with Crippen molar-refractivity contribution in [3.8, 4) is 23.3 Å². The van der Waals surface area contributed by atoms with Crippen LogP contribution in [0.25, 0.3) is 11.1 Å². The van der Waals surface area contributed by atoms with E-state index in [0.29, 0.717) is 40.7 Å². The fourth-order valence-corrected chi connectivity index (χ4v) is 7.75. The van der Waals surface area contributed by atoms with Crippen LogP contribution in [-0.2, 0) is 0 Å². The van der Waals surface area contributed by atoms with Gasteiger partial charge >= 0.3 is 0 Å². The van der Waals surface area contributed by atoms with Gasteiger partial charge in [-0.1, -0.05) is 36.6 Å². The lowest BCUT2D eigenvalue weighted by molar-refractivity contribution is 0.163. The van der Waals surface area contributed by atoms with Crippen LogP contribution in [0.5, 0.6) is 17.2 Å². The zero-order valence-corrected chi connectivity index (χ0v) is 25.1. The van der Waals surface area contributed by atoms with E-state index in [2.05, 4.69) is 17.9 Å². The number of phenols is 1. The molecule has 2 aliphatic carbocycles. The summed E-state index contributed by atoms with van der Waals surface area (Å²) in [5.41, 5.74) is 3.68. The number of phenolic OH excluding ortho intramolecular Hbond substituents is 1. The number of allylic oxidation sites excluding steroid dienone is 1. The van der Waals surface area contributed by atoms with Crippen molar-refractivity contribution in [2.45, 2.75) is 57.6 Å². The highest BCUT2D eigenvalue weighted by molar-refractivity contribution is 6.34. The lowest BCUT2D eigenvalue weighted by Gasteiger charge is -2.39. The van der Waals surface area contributed by atoms with Crippen LogP contribution in [0.1, 0.15) is 73.8 Å². The van der Waals surface area contributed by atoms with Crippen molar-refractivity contribution in [3.05, 3.63) is 87.7 Å². The Kier molecular flexibility index (Phi) is 7.57. The van der Waals surface area contributed by atoms with Gasteiger partial charge in [-0.05, 0) is 104 Å². The van der Waals surface area contributed by atoms with E-state index >= 15 is 4.39 Å². The molecule has 0 bridgehead atoms. The van der Waals surface area contributed by atoms with Gasteiger partial charge in [0.05, 0.1) is 16.7 Å². The molecule has 3 aromatic rings. The first-order valence-corrected chi connectivity index (χ1v) is 15.9. The van der Waals surface area contributed by atoms with Gasteiger partial charge in [0, 0.05) is 35.8 Å². The minimum absolute atomic E-state index is 0.0437. The molecule has 43 heavy (non-hydrogen) atoms. The van der Waals surface area contributed by atoms with Gasteiger partial charge in [-0.3, -0.25) is 4.90 Å². The largest absolute Gasteiger partial charge is 0.506 e. The van der Waals surface area contributed by atoms with Gasteiger partial charge in [0.15, 0.2) is 0 Å². The highest BCUT2D eigenvalue weighted by Crippen LogP contribution is 2.56. The molecule has 5 nitrogen and oxygen atoms in total. The van der Waals surface area contributed by atoms with E-state index in [9.17, 15) is 10.4 Å². The van der Waals surface area contributed by atoms with E-state index in [0.717, 1.165) is 48.0 Å². The van der Waals surface area contributed by atoms with Crippen molar-refractivity contribution >= 4 is 22.7 Å². The van der Waals surface area contributed by atoms with E-state index in [-0.39, 0.29) is 16.7 Å². The van der Waals surface area contributed by atoms with Crippen LogP contribution in [0.2, 0.25) is 5.02 Å². The number of nitriles is 1. The molecular weight excluding hydrogens is 563 g/mol. The number of fused-ring (bicyclic) bond motifs is 2. The third-order valence-corrected chi connectivity index (χ3v) is 10.5. The fraction of sp³-hybridized carbons (Fsp3) is 0.417. The van der Waals surface area contributed by atoms with Gasteiger partial charge in [0.25, 0.3) is 0 Å². The molecule has 4 atom stereocenters. The number of nitrogens with zero attached hydrogens (tertiary/aromatic N) is 2. The summed E-state index contributed by atoms with van der Waals surface area (Å²) in [5, 5.41) is 20.4. The monoisotopic (exact) mass is 598 g/mol. The van der Waals surface area contributed by atoms with Crippen LogP contribution in [0, 0.1) is 34.9 Å². The molecular formula is C36H36ClFN2O3. The van der Waals surface area contributed by atoms with Crippen LogP contribution >= 0.6 is 11.6 Å². The summed E-state index contributed by atoms with van der Waals surface area (Å²) in [6.07, 6.45) is 6.38. The average Bonchev–Trinajstić information content (AvgIpc) is 3.61. The van der Waals surface area contributed by atoms with Crippen LogP contribution in [0.3, 0.4) is 0 Å². The van der Waals surface area contributed by atoms with Crippen molar-refractivity contribution in [2.24, 2.45) is 17.8 Å². The van der Waals surface area contributed by atoms with E-state index in [1.165, 1.54) is 50.6 Å². The highest BCUT2D eigenvalue weighted by Gasteiger charge is 2.40. The normalized spacial score (nSPS) is 24.1. The quantitative estimate of drug-likeness (QED) is 0.296. The van der Waals surface area contributed by atoms with Gasteiger partial charge in [-0.15, -0.1) is 0 Å². The highest BCUT2D eigenvalue weighted by atomic mass is 35.5. The number of hydrogen-bond acceptors (Lipinski definition) is 5. The Morgan fingerprint density at radius 1 is 1.02 bits per heavy atom. The SMILES string of the molecule is C[C@@H](COc1ccc(C2Oc3ccc(O)c(Cl)c3C(C3CCC3)=C2c2cc(C#N)ccc2F)cc1)N1C[C@H]2CCC[C@H]2C1. The molecule has 0 aromatic heterocycles. The Morgan fingerprint density at radius 3 is 2.42 bits per heavy atom. The fourth-order valence-electron chi connectivity index (χ4n) is 7.49. The molecule has 0 amide bonds. The summed E-state index contributed by atoms with van der Waals surface area (Å²) in [5.74, 6) is 2.70. The molecule has 7 heteroatoms. The number of benzene rings is 3. The number of aromatic hydroxyl groups is 1.